The second-order valence-electron chi connectivity index (χ2n) is 7.31. The number of amides is 1. The van der Waals surface area contributed by atoms with Crippen LogP contribution < -0.4 is 10.1 Å². The summed E-state index contributed by atoms with van der Waals surface area (Å²) in [6.45, 7) is 3.37. The van der Waals surface area contributed by atoms with Crippen molar-refractivity contribution in [3.8, 4) is 17.0 Å². The van der Waals surface area contributed by atoms with E-state index in [1.165, 1.54) is 22.3 Å². The lowest BCUT2D eigenvalue weighted by Gasteiger charge is -2.14. The molecule has 0 atom stereocenters. The minimum atomic E-state index is -0.391. The monoisotopic (exact) mass is 414 g/mol. The molecule has 158 valence electrons. The Morgan fingerprint density at radius 1 is 1.03 bits per heavy atom. The Morgan fingerprint density at radius 3 is 2.39 bits per heavy atom. The Bertz CT molecular complexity index is 1010. The van der Waals surface area contributed by atoms with E-state index in [4.69, 9.17) is 9.47 Å². The number of benzene rings is 2. The molecule has 5 heteroatoms. The second kappa shape index (κ2) is 9.94. The zero-order chi connectivity index (χ0) is 21.5. The van der Waals surface area contributed by atoms with E-state index in [1.807, 2.05) is 55.5 Å². The van der Waals surface area contributed by atoms with Gasteiger partial charge in [0, 0.05) is 24.7 Å². The molecule has 1 N–H and O–H groups in total. The highest BCUT2D eigenvalue weighted by molar-refractivity contribution is 5.79. The minimum absolute atomic E-state index is 0.0743. The first-order chi connectivity index (χ1) is 15.3. The smallest absolute Gasteiger partial charge is 0.407 e. The van der Waals surface area contributed by atoms with Gasteiger partial charge in [-0.1, -0.05) is 60.7 Å². The highest BCUT2D eigenvalue weighted by atomic mass is 16.5. The van der Waals surface area contributed by atoms with Gasteiger partial charge >= 0.3 is 6.09 Å². The third-order valence-electron chi connectivity index (χ3n) is 5.29. The van der Waals surface area contributed by atoms with E-state index in [1.54, 1.807) is 6.20 Å². The van der Waals surface area contributed by atoms with Gasteiger partial charge in [-0.15, -0.1) is 0 Å². The van der Waals surface area contributed by atoms with E-state index < -0.39 is 6.09 Å². The lowest BCUT2D eigenvalue weighted by atomic mass is 9.98. The van der Waals surface area contributed by atoms with Gasteiger partial charge in [0.15, 0.2) is 0 Å². The summed E-state index contributed by atoms with van der Waals surface area (Å²) in [5, 5.41) is 2.82. The van der Waals surface area contributed by atoms with Gasteiger partial charge in [0.25, 0.3) is 0 Å². The molecular formula is C26H26N2O3. The molecule has 3 aromatic rings. The second-order valence-corrected chi connectivity index (χ2v) is 7.31. The van der Waals surface area contributed by atoms with Crippen LogP contribution in [0, 0.1) is 0 Å². The summed E-state index contributed by atoms with van der Waals surface area (Å²) in [7, 11) is 0. The summed E-state index contributed by atoms with van der Waals surface area (Å²) in [4.78, 5) is 16.4. The third kappa shape index (κ3) is 4.94. The van der Waals surface area contributed by atoms with Gasteiger partial charge in [-0.25, -0.2) is 9.78 Å². The summed E-state index contributed by atoms with van der Waals surface area (Å²) in [5.41, 5.74) is 5.86. The van der Waals surface area contributed by atoms with Crippen LogP contribution in [-0.2, 0) is 4.74 Å². The molecule has 0 unspecified atom stereocenters. The van der Waals surface area contributed by atoms with Gasteiger partial charge in [0.1, 0.15) is 6.61 Å². The van der Waals surface area contributed by atoms with E-state index in [0.29, 0.717) is 32.1 Å². The molecule has 1 aliphatic rings. The van der Waals surface area contributed by atoms with Gasteiger partial charge in [-0.05, 0) is 47.2 Å². The summed E-state index contributed by atoms with van der Waals surface area (Å²) in [5.74, 6) is 0.696. The Hall–Kier alpha value is -3.60. The Kier molecular flexibility index (Phi) is 6.62. The summed E-state index contributed by atoms with van der Waals surface area (Å²) >= 11 is 0. The van der Waals surface area contributed by atoms with Crippen molar-refractivity contribution < 1.29 is 14.3 Å². The number of carbonyl (C=O) groups is 1. The van der Waals surface area contributed by atoms with E-state index in [-0.39, 0.29) is 5.92 Å². The van der Waals surface area contributed by atoms with Crippen molar-refractivity contribution in [2.75, 3.05) is 19.8 Å². The number of fused-ring (bicyclic) bond motifs is 3. The fourth-order valence-corrected chi connectivity index (χ4v) is 3.85. The number of rotatable bonds is 8. The van der Waals surface area contributed by atoms with Crippen LogP contribution in [0.1, 0.15) is 36.0 Å². The molecule has 0 saturated heterocycles. The van der Waals surface area contributed by atoms with Crippen molar-refractivity contribution in [3.63, 3.8) is 0 Å². The molecule has 0 bridgehead atoms. The molecule has 0 saturated carbocycles. The first-order valence-electron chi connectivity index (χ1n) is 10.6. The number of ether oxygens (including phenoxy) is 2. The lowest BCUT2D eigenvalue weighted by molar-refractivity contribution is 0.143. The fourth-order valence-electron chi connectivity index (χ4n) is 3.85. The Labute approximate surface area is 182 Å². The van der Waals surface area contributed by atoms with Crippen LogP contribution >= 0.6 is 0 Å². The molecule has 2 aromatic carbocycles. The predicted molar refractivity (Wildman–Crippen MR) is 122 cm³/mol. The van der Waals surface area contributed by atoms with E-state index in [9.17, 15) is 4.79 Å². The molecule has 0 spiro atoms. The number of nitrogens with zero attached hydrogens (tertiary/aromatic N) is 1. The molecule has 0 radical (unpaired) electrons. The average Bonchev–Trinajstić information content (AvgIpc) is 3.12. The first-order valence-corrected chi connectivity index (χ1v) is 10.6. The molecular weight excluding hydrogens is 388 g/mol. The fraction of sp³-hybridized carbons (Fsp3) is 0.231. The van der Waals surface area contributed by atoms with Gasteiger partial charge in [-0.2, -0.15) is 0 Å². The highest BCUT2D eigenvalue weighted by Gasteiger charge is 2.28. The number of aromatic nitrogens is 1. The number of pyridine rings is 1. The molecule has 5 nitrogen and oxygen atoms in total. The number of carbonyl (C=O) groups excluding carboxylic acids is 1. The van der Waals surface area contributed by atoms with Crippen LogP contribution in [0.2, 0.25) is 0 Å². The summed E-state index contributed by atoms with van der Waals surface area (Å²) < 4.78 is 10.9. The van der Waals surface area contributed by atoms with Crippen molar-refractivity contribution in [2.24, 2.45) is 0 Å². The van der Waals surface area contributed by atoms with E-state index in [0.717, 1.165) is 5.56 Å². The summed E-state index contributed by atoms with van der Waals surface area (Å²) in [6.07, 6.45) is 6.05. The molecule has 0 fully saturated rings. The van der Waals surface area contributed by atoms with Crippen LogP contribution in [0.5, 0.6) is 5.88 Å². The van der Waals surface area contributed by atoms with Gasteiger partial charge < -0.3 is 14.8 Å². The molecule has 1 aromatic heterocycles. The minimum Gasteiger partial charge on any atom is -0.478 e. The maximum Gasteiger partial charge on any atom is 0.407 e. The van der Waals surface area contributed by atoms with Crippen LogP contribution in [0.4, 0.5) is 4.79 Å². The van der Waals surface area contributed by atoms with Crippen molar-refractivity contribution in [2.45, 2.75) is 19.3 Å². The topological polar surface area (TPSA) is 60.5 Å². The molecule has 1 amide bonds. The van der Waals surface area contributed by atoms with Crippen LogP contribution in [0.25, 0.3) is 17.2 Å². The lowest BCUT2D eigenvalue weighted by Crippen LogP contribution is -2.26. The van der Waals surface area contributed by atoms with Crippen molar-refractivity contribution in [3.05, 3.63) is 89.6 Å². The standard InChI is InChI=1S/C26H26N2O3/c1-2-30-25-15-14-19(17-28-25)9-7-8-16-27-26(29)31-18-24-22-12-5-3-10-20(22)21-11-4-6-13-23(21)24/h3-7,9-15,17,24H,2,8,16,18H2,1H3,(H,27,29). The normalized spacial score (nSPS) is 12.4. The largest absolute Gasteiger partial charge is 0.478 e. The average molecular weight is 415 g/mol. The first kappa shape index (κ1) is 20.7. The van der Waals surface area contributed by atoms with Gasteiger partial charge in [-0.3, -0.25) is 0 Å². The number of hydrogen-bond donors (Lipinski definition) is 1. The maximum atomic E-state index is 12.2. The SMILES string of the molecule is CCOc1ccc(C=CCCNC(=O)OCC2c3ccccc3-c3ccccc32)cn1. The van der Waals surface area contributed by atoms with Gasteiger partial charge in [0.2, 0.25) is 5.88 Å². The number of alkyl carbamates (subject to hydrolysis) is 1. The van der Waals surface area contributed by atoms with E-state index >= 15 is 0 Å². The molecule has 1 aliphatic carbocycles. The van der Waals surface area contributed by atoms with E-state index in [2.05, 4.69) is 34.6 Å². The Balaban J connectivity index is 1.24. The highest BCUT2D eigenvalue weighted by Crippen LogP contribution is 2.44. The van der Waals surface area contributed by atoms with Gasteiger partial charge in [0.05, 0.1) is 6.61 Å². The van der Waals surface area contributed by atoms with Crippen molar-refractivity contribution in [1.82, 2.24) is 10.3 Å². The van der Waals surface area contributed by atoms with Crippen LogP contribution in [-0.4, -0.2) is 30.8 Å². The van der Waals surface area contributed by atoms with Crippen molar-refractivity contribution >= 4 is 12.2 Å². The molecule has 1 heterocycles. The molecule has 0 aliphatic heterocycles. The summed E-state index contributed by atoms with van der Waals surface area (Å²) in [6, 6.07) is 20.4. The van der Waals surface area contributed by atoms with Crippen molar-refractivity contribution in [1.29, 1.82) is 0 Å². The zero-order valence-electron chi connectivity index (χ0n) is 17.6. The van der Waals surface area contributed by atoms with Crippen LogP contribution in [0.15, 0.2) is 72.9 Å². The predicted octanol–water partition coefficient (Wildman–Crippen LogP) is 5.42. The maximum absolute atomic E-state index is 12.2. The van der Waals surface area contributed by atoms with Crippen LogP contribution in [0.3, 0.4) is 0 Å². The third-order valence-corrected chi connectivity index (χ3v) is 5.29. The number of hydrogen-bond acceptors (Lipinski definition) is 4. The molecule has 4 rings (SSSR count). The quantitative estimate of drug-likeness (QED) is 0.500. The number of nitrogens with one attached hydrogen (secondary N) is 1. The Morgan fingerprint density at radius 2 is 1.74 bits per heavy atom. The zero-order valence-corrected chi connectivity index (χ0v) is 17.6. The molecule has 31 heavy (non-hydrogen) atoms.